The van der Waals surface area contributed by atoms with E-state index in [1.54, 1.807) is 0 Å². The summed E-state index contributed by atoms with van der Waals surface area (Å²) in [6.07, 6.45) is 5.97. The number of aromatic nitrogens is 1. The van der Waals surface area contributed by atoms with Gasteiger partial charge in [0.25, 0.3) is 0 Å². The predicted molar refractivity (Wildman–Crippen MR) is 69.6 cm³/mol. The number of nitrogens with zero attached hydrogens (tertiary/aromatic N) is 1. The summed E-state index contributed by atoms with van der Waals surface area (Å²) in [7, 11) is 0. The van der Waals surface area contributed by atoms with Crippen LogP contribution in [0.4, 0.5) is 0 Å². The molecule has 2 aromatic rings. The van der Waals surface area contributed by atoms with Crippen LogP contribution in [0.25, 0.3) is 0 Å². The Labute approximate surface area is 106 Å². The van der Waals surface area contributed by atoms with Gasteiger partial charge in [-0.25, -0.2) is 0 Å². The molecular weight excluding hydrogens is 222 g/mol. The minimum absolute atomic E-state index is 0.478. The molecule has 3 atom stereocenters. The predicted octanol–water partition coefficient (Wildman–Crippen LogP) is 3.23. The molecule has 1 aromatic heterocycles. The van der Waals surface area contributed by atoms with Gasteiger partial charge in [0.15, 0.2) is 0 Å². The van der Waals surface area contributed by atoms with Gasteiger partial charge in [0.1, 0.15) is 5.75 Å². The molecule has 1 aromatic carbocycles. The Balaban J connectivity index is 1.75. The number of fused-ring (bicyclic) bond motifs is 3. The van der Waals surface area contributed by atoms with Crippen LogP contribution in [0.3, 0.4) is 0 Å². The van der Waals surface area contributed by atoms with Crippen molar-refractivity contribution in [3.05, 3.63) is 59.4 Å². The fourth-order valence-electron chi connectivity index (χ4n) is 3.68. The third-order valence-electron chi connectivity index (χ3n) is 4.53. The molecule has 18 heavy (non-hydrogen) atoms. The largest absolute Gasteiger partial charge is 0.508 e. The van der Waals surface area contributed by atoms with E-state index in [2.05, 4.69) is 23.2 Å². The summed E-state index contributed by atoms with van der Waals surface area (Å²) >= 11 is 0. The number of aromatic hydroxyl groups is 1. The highest BCUT2D eigenvalue weighted by atomic mass is 16.3. The molecule has 2 aliphatic rings. The van der Waals surface area contributed by atoms with Crippen LogP contribution >= 0.6 is 0 Å². The SMILES string of the molecule is Oc1cccc2c1CCC1C(c3ccncc3)C21. The van der Waals surface area contributed by atoms with Gasteiger partial charge in [0.2, 0.25) is 0 Å². The molecule has 0 bridgehead atoms. The molecule has 1 saturated carbocycles. The van der Waals surface area contributed by atoms with Crippen LogP contribution in [0.2, 0.25) is 0 Å². The van der Waals surface area contributed by atoms with Gasteiger partial charge in [0.05, 0.1) is 0 Å². The van der Waals surface area contributed by atoms with Crippen molar-refractivity contribution in [2.75, 3.05) is 0 Å². The van der Waals surface area contributed by atoms with E-state index in [1.165, 1.54) is 23.1 Å². The summed E-state index contributed by atoms with van der Waals surface area (Å²) in [5, 5.41) is 9.94. The molecule has 0 spiro atoms. The van der Waals surface area contributed by atoms with Crippen LogP contribution < -0.4 is 0 Å². The third kappa shape index (κ3) is 1.32. The lowest BCUT2D eigenvalue weighted by atomic mass is 9.91. The minimum Gasteiger partial charge on any atom is -0.508 e. The van der Waals surface area contributed by atoms with Crippen LogP contribution in [-0.2, 0) is 6.42 Å². The summed E-state index contributed by atoms with van der Waals surface area (Å²) in [4.78, 5) is 4.09. The molecule has 1 heterocycles. The van der Waals surface area contributed by atoms with Crippen LogP contribution in [0.15, 0.2) is 42.7 Å². The lowest BCUT2D eigenvalue weighted by molar-refractivity contribution is 0.461. The van der Waals surface area contributed by atoms with E-state index in [9.17, 15) is 5.11 Å². The Bertz CT molecular complexity index is 593. The van der Waals surface area contributed by atoms with Gasteiger partial charge < -0.3 is 5.11 Å². The van der Waals surface area contributed by atoms with Crippen molar-refractivity contribution >= 4 is 0 Å². The van der Waals surface area contributed by atoms with Gasteiger partial charge in [-0.3, -0.25) is 4.98 Å². The third-order valence-corrected chi connectivity index (χ3v) is 4.53. The molecule has 2 heteroatoms. The highest BCUT2D eigenvalue weighted by Gasteiger charge is 2.53. The number of rotatable bonds is 1. The topological polar surface area (TPSA) is 33.1 Å². The van der Waals surface area contributed by atoms with Gasteiger partial charge in [-0.2, -0.15) is 0 Å². The van der Waals surface area contributed by atoms with E-state index in [0.717, 1.165) is 12.3 Å². The van der Waals surface area contributed by atoms with Crippen molar-refractivity contribution in [1.82, 2.24) is 4.98 Å². The van der Waals surface area contributed by atoms with Crippen molar-refractivity contribution < 1.29 is 5.11 Å². The molecule has 0 saturated heterocycles. The molecule has 0 amide bonds. The molecule has 1 fully saturated rings. The summed E-state index contributed by atoms with van der Waals surface area (Å²) in [6, 6.07) is 10.2. The monoisotopic (exact) mass is 237 g/mol. The molecule has 90 valence electrons. The van der Waals surface area contributed by atoms with Gasteiger partial charge in [-0.1, -0.05) is 12.1 Å². The number of hydrogen-bond acceptors (Lipinski definition) is 2. The number of hydrogen-bond donors (Lipinski definition) is 1. The van der Waals surface area contributed by atoms with Crippen LogP contribution in [0.5, 0.6) is 5.75 Å². The fourth-order valence-corrected chi connectivity index (χ4v) is 3.68. The first-order valence-corrected chi connectivity index (χ1v) is 6.57. The number of pyridine rings is 1. The second-order valence-corrected chi connectivity index (χ2v) is 5.38. The number of benzene rings is 1. The Hall–Kier alpha value is -1.83. The standard InChI is InChI=1S/C16H15NO/c18-14-3-1-2-12-11(14)4-5-13-15(16(12)13)10-6-8-17-9-7-10/h1-3,6-9,13,15-16,18H,4-5H2. The summed E-state index contributed by atoms with van der Waals surface area (Å²) in [5.74, 6) is 2.49. The molecule has 2 nitrogen and oxygen atoms in total. The second kappa shape index (κ2) is 3.58. The zero-order chi connectivity index (χ0) is 12.1. The summed E-state index contributed by atoms with van der Waals surface area (Å²) in [6.45, 7) is 0. The van der Waals surface area contributed by atoms with Crippen molar-refractivity contribution in [2.24, 2.45) is 5.92 Å². The van der Waals surface area contributed by atoms with E-state index in [1.807, 2.05) is 24.5 Å². The average Bonchev–Trinajstić information content (AvgIpc) is 3.15. The van der Waals surface area contributed by atoms with Crippen molar-refractivity contribution in [2.45, 2.75) is 24.7 Å². The van der Waals surface area contributed by atoms with Gasteiger partial charge in [-0.15, -0.1) is 0 Å². The van der Waals surface area contributed by atoms with E-state index in [0.29, 0.717) is 17.6 Å². The quantitative estimate of drug-likeness (QED) is 0.826. The Morgan fingerprint density at radius 2 is 1.89 bits per heavy atom. The van der Waals surface area contributed by atoms with E-state index >= 15 is 0 Å². The zero-order valence-corrected chi connectivity index (χ0v) is 10.1. The lowest BCUT2D eigenvalue weighted by Crippen LogP contribution is -2.01. The molecule has 0 aliphatic heterocycles. The smallest absolute Gasteiger partial charge is 0.119 e. The maximum Gasteiger partial charge on any atom is 0.119 e. The molecule has 2 aliphatic carbocycles. The first kappa shape index (κ1) is 10.1. The maximum absolute atomic E-state index is 9.94. The number of phenols is 1. The van der Waals surface area contributed by atoms with Crippen LogP contribution in [-0.4, -0.2) is 10.1 Å². The maximum atomic E-state index is 9.94. The van der Waals surface area contributed by atoms with Gasteiger partial charge >= 0.3 is 0 Å². The Morgan fingerprint density at radius 3 is 2.72 bits per heavy atom. The Kier molecular flexibility index (Phi) is 2.01. The zero-order valence-electron chi connectivity index (χ0n) is 10.1. The first-order valence-electron chi connectivity index (χ1n) is 6.57. The summed E-state index contributed by atoms with van der Waals surface area (Å²) in [5.41, 5.74) is 3.94. The van der Waals surface area contributed by atoms with Crippen molar-refractivity contribution in [3.63, 3.8) is 0 Å². The van der Waals surface area contributed by atoms with Crippen molar-refractivity contribution in [1.29, 1.82) is 0 Å². The molecule has 1 N–H and O–H groups in total. The average molecular weight is 237 g/mol. The van der Waals surface area contributed by atoms with E-state index < -0.39 is 0 Å². The van der Waals surface area contributed by atoms with Gasteiger partial charge in [0, 0.05) is 12.4 Å². The molecule has 3 unspecified atom stereocenters. The molecule has 4 rings (SSSR count). The lowest BCUT2D eigenvalue weighted by Gasteiger charge is -2.15. The number of phenolic OH excluding ortho intramolecular Hbond substituents is 1. The van der Waals surface area contributed by atoms with Crippen LogP contribution in [0, 0.1) is 5.92 Å². The minimum atomic E-state index is 0.478. The first-order chi connectivity index (χ1) is 8.86. The summed E-state index contributed by atoms with van der Waals surface area (Å²) < 4.78 is 0. The normalized spacial score (nSPS) is 28.3. The van der Waals surface area contributed by atoms with E-state index in [4.69, 9.17) is 0 Å². The highest BCUT2D eigenvalue weighted by Crippen LogP contribution is 2.65. The Morgan fingerprint density at radius 1 is 1.06 bits per heavy atom. The van der Waals surface area contributed by atoms with E-state index in [-0.39, 0.29) is 0 Å². The molecule has 0 radical (unpaired) electrons. The second-order valence-electron chi connectivity index (χ2n) is 5.38. The van der Waals surface area contributed by atoms with Crippen molar-refractivity contribution in [3.8, 4) is 5.75 Å². The highest BCUT2D eigenvalue weighted by molar-refractivity contribution is 5.50. The fraction of sp³-hybridized carbons (Fsp3) is 0.312. The van der Waals surface area contributed by atoms with Gasteiger partial charge in [-0.05, 0) is 65.5 Å². The molecular formula is C16H15NO. The van der Waals surface area contributed by atoms with Crippen LogP contribution in [0.1, 0.15) is 34.9 Å².